The van der Waals surface area contributed by atoms with Crippen molar-refractivity contribution >= 4 is 35.5 Å². The third-order valence-corrected chi connectivity index (χ3v) is 4.70. The molecule has 0 heterocycles. The molecule has 3 rings (SSSR count). The normalized spacial score (nSPS) is 10.8. The van der Waals surface area contributed by atoms with Gasteiger partial charge in [-0.15, -0.1) is 0 Å². The predicted molar refractivity (Wildman–Crippen MR) is 103 cm³/mol. The number of nitrogens with one attached hydrogen (secondary N) is 1. The quantitative estimate of drug-likeness (QED) is 0.473. The molecule has 0 saturated heterocycles. The predicted octanol–water partition coefficient (Wildman–Crippen LogP) is 5.39. The van der Waals surface area contributed by atoms with Gasteiger partial charge in [-0.2, -0.15) is 5.10 Å². The first-order chi connectivity index (χ1) is 12.6. The van der Waals surface area contributed by atoms with Gasteiger partial charge >= 0.3 is 0 Å². The Labute approximate surface area is 159 Å². The molecule has 3 aromatic carbocycles. The van der Waals surface area contributed by atoms with Crippen molar-refractivity contribution in [2.45, 2.75) is 9.79 Å². The third-order valence-electron chi connectivity index (χ3n) is 3.43. The first kappa shape index (κ1) is 18.2. The largest absolute Gasteiger partial charge is 0.274 e. The summed E-state index contributed by atoms with van der Waals surface area (Å²) in [5.41, 5.74) is 3.10. The minimum absolute atomic E-state index is 0.0423. The minimum Gasteiger partial charge on any atom is -0.267 e. The molecule has 0 fully saturated rings. The molecule has 1 amide bonds. The van der Waals surface area contributed by atoms with E-state index in [1.165, 1.54) is 24.4 Å². The highest BCUT2D eigenvalue weighted by molar-refractivity contribution is 7.99. The first-order valence-electron chi connectivity index (χ1n) is 7.73. The molecular weight excluding hydrogens is 371 g/mol. The number of rotatable bonds is 5. The van der Waals surface area contributed by atoms with Gasteiger partial charge in [-0.25, -0.2) is 9.82 Å². The van der Waals surface area contributed by atoms with Crippen LogP contribution in [-0.2, 0) is 0 Å². The van der Waals surface area contributed by atoms with Crippen molar-refractivity contribution in [1.82, 2.24) is 5.43 Å². The second kappa shape index (κ2) is 8.65. The summed E-state index contributed by atoms with van der Waals surface area (Å²) in [5, 5.41) is 4.58. The monoisotopic (exact) mass is 384 g/mol. The van der Waals surface area contributed by atoms with Crippen LogP contribution in [0.1, 0.15) is 15.9 Å². The molecule has 3 aromatic rings. The molecule has 0 spiro atoms. The third kappa shape index (κ3) is 4.94. The highest BCUT2D eigenvalue weighted by Crippen LogP contribution is 2.28. The average molecular weight is 385 g/mol. The second-order valence-electron chi connectivity index (χ2n) is 5.30. The van der Waals surface area contributed by atoms with Crippen LogP contribution in [0.2, 0.25) is 5.02 Å². The molecule has 0 bridgehead atoms. The van der Waals surface area contributed by atoms with E-state index in [-0.39, 0.29) is 5.56 Å². The van der Waals surface area contributed by atoms with Gasteiger partial charge in [0.1, 0.15) is 5.82 Å². The summed E-state index contributed by atoms with van der Waals surface area (Å²) < 4.78 is 13.5. The Kier molecular flexibility index (Phi) is 6.04. The smallest absolute Gasteiger partial charge is 0.267 e. The molecule has 0 aliphatic heterocycles. The van der Waals surface area contributed by atoms with E-state index in [9.17, 15) is 9.18 Å². The molecule has 0 aromatic heterocycles. The maximum absolute atomic E-state index is 13.5. The highest BCUT2D eigenvalue weighted by Gasteiger charge is 2.09. The maximum atomic E-state index is 13.5. The van der Waals surface area contributed by atoms with Crippen molar-refractivity contribution in [1.29, 1.82) is 0 Å². The van der Waals surface area contributed by atoms with Gasteiger partial charge in [-0.05, 0) is 54.1 Å². The lowest BCUT2D eigenvalue weighted by atomic mass is 10.2. The van der Waals surface area contributed by atoms with E-state index in [1.807, 2.05) is 48.5 Å². The SMILES string of the molecule is O=C(N/N=C\c1ccc(Sc2ccc(Cl)cc2)cc1)c1ccccc1F. The summed E-state index contributed by atoms with van der Waals surface area (Å²) in [6.07, 6.45) is 1.51. The van der Waals surface area contributed by atoms with Gasteiger partial charge in [-0.3, -0.25) is 4.79 Å². The van der Waals surface area contributed by atoms with E-state index in [1.54, 1.807) is 17.8 Å². The number of hydrogen-bond acceptors (Lipinski definition) is 3. The van der Waals surface area contributed by atoms with E-state index in [0.29, 0.717) is 5.02 Å². The molecule has 0 aliphatic rings. The van der Waals surface area contributed by atoms with E-state index in [0.717, 1.165) is 15.4 Å². The fourth-order valence-corrected chi connectivity index (χ4v) is 3.07. The Balaban J connectivity index is 1.58. The molecule has 0 atom stereocenters. The molecule has 0 radical (unpaired) electrons. The van der Waals surface area contributed by atoms with Gasteiger partial charge in [0, 0.05) is 14.8 Å². The lowest BCUT2D eigenvalue weighted by molar-refractivity contribution is 0.0951. The molecule has 3 nitrogen and oxygen atoms in total. The standard InChI is InChI=1S/C20H14ClFN2OS/c21-15-7-11-17(12-8-15)26-16-9-5-14(6-10-16)13-23-24-20(25)18-3-1-2-4-19(18)22/h1-13H,(H,24,25)/b23-13-. The summed E-state index contributed by atoms with van der Waals surface area (Å²) in [5.74, 6) is -1.17. The summed E-state index contributed by atoms with van der Waals surface area (Å²) in [6, 6.07) is 21.1. The number of nitrogens with zero attached hydrogens (tertiary/aromatic N) is 1. The zero-order valence-corrected chi connectivity index (χ0v) is 15.1. The molecule has 1 N–H and O–H groups in total. The zero-order chi connectivity index (χ0) is 18.4. The second-order valence-corrected chi connectivity index (χ2v) is 6.89. The van der Waals surface area contributed by atoms with Crippen molar-refractivity contribution in [3.63, 3.8) is 0 Å². The number of carbonyl (C=O) groups is 1. The number of benzene rings is 3. The number of hydrogen-bond donors (Lipinski definition) is 1. The van der Waals surface area contributed by atoms with E-state index >= 15 is 0 Å². The van der Waals surface area contributed by atoms with Crippen LogP contribution in [0.15, 0.2) is 87.7 Å². The fourth-order valence-electron chi connectivity index (χ4n) is 2.13. The minimum atomic E-state index is -0.589. The number of amides is 1. The number of carbonyl (C=O) groups excluding carboxylic acids is 1. The van der Waals surface area contributed by atoms with Crippen LogP contribution in [0.3, 0.4) is 0 Å². The topological polar surface area (TPSA) is 41.5 Å². The summed E-state index contributed by atoms with van der Waals surface area (Å²) in [7, 11) is 0. The fraction of sp³-hybridized carbons (Fsp3) is 0. The van der Waals surface area contributed by atoms with Crippen molar-refractivity contribution in [2.24, 2.45) is 5.10 Å². The van der Waals surface area contributed by atoms with Crippen LogP contribution in [-0.4, -0.2) is 12.1 Å². The van der Waals surface area contributed by atoms with E-state index in [2.05, 4.69) is 10.5 Å². The van der Waals surface area contributed by atoms with Gasteiger partial charge in [-0.1, -0.05) is 47.6 Å². The molecule has 26 heavy (non-hydrogen) atoms. The van der Waals surface area contributed by atoms with Crippen molar-refractivity contribution in [2.75, 3.05) is 0 Å². The Bertz CT molecular complexity index is 927. The van der Waals surface area contributed by atoms with E-state index < -0.39 is 11.7 Å². The number of hydrazone groups is 1. The van der Waals surface area contributed by atoms with Gasteiger partial charge in [0.25, 0.3) is 5.91 Å². The highest BCUT2D eigenvalue weighted by atomic mass is 35.5. The van der Waals surface area contributed by atoms with Crippen LogP contribution in [0.5, 0.6) is 0 Å². The maximum Gasteiger partial charge on any atom is 0.274 e. The Morgan fingerprint density at radius 2 is 1.58 bits per heavy atom. The average Bonchev–Trinajstić information content (AvgIpc) is 2.65. The Morgan fingerprint density at radius 1 is 0.962 bits per heavy atom. The van der Waals surface area contributed by atoms with Gasteiger partial charge in [0.15, 0.2) is 0 Å². The zero-order valence-electron chi connectivity index (χ0n) is 13.5. The molecule has 0 unspecified atom stereocenters. The summed E-state index contributed by atoms with van der Waals surface area (Å²) in [4.78, 5) is 14.0. The molecule has 0 aliphatic carbocycles. The van der Waals surface area contributed by atoms with Gasteiger partial charge < -0.3 is 0 Å². The van der Waals surface area contributed by atoms with Crippen LogP contribution in [0.4, 0.5) is 4.39 Å². The van der Waals surface area contributed by atoms with Crippen molar-refractivity contribution in [3.05, 3.63) is 94.8 Å². The summed E-state index contributed by atoms with van der Waals surface area (Å²) >= 11 is 7.50. The molecule has 130 valence electrons. The van der Waals surface area contributed by atoms with Gasteiger partial charge in [0.05, 0.1) is 11.8 Å². The van der Waals surface area contributed by atoms with Crippen LogP contribution < -0.4 is 5.43 Å². The van der Waals surface area contributed by atoms with Crippen LogP contribution in [0.25, 0.3) is 0 Å². The van der Waals surface area contributed by atoms with E-state index in [4.69, 9.17) is 11.6 Å². The van der Waals surface area contributed by atoms with Gasteiger partial charge in [0.2, 0.25) is 0 Å². The Hall–Kier alpha value is -2.63. The summed E-state index contributed by atoms with van der Waals surface area (Å²) in [6.45, 7) is 0. The molecular formula is C20H14ClFN2OS. The molecule has 6 heteroatoms. The van der Waals surface area contributed by atoms with Crippen LogP contribution >= 0.6 is 23.4 Å². The van der Waals surface area contributed by atoms with Crippen molar-refractivity contribution < 1.29 is 9.18 Å². The lowest BCUT2D eigenvalue weighted by Crippen LogP contribution is -2.18. The Morgan fingerprint density at radius 3 is 2.23 bits per heavy atom. The van der Waals surface area contributed by atoms with Crippen LogP contribution in [0, 0.1) is 5.82 Å². The first-order valence-corrected chi connectivity index (χ1v) is 8.93. The molecule has 0 saturated carbocycles. The lowest BCUT2D eigenvalue weighted by Gasteiger charge is -2.03. The van der Waals surface area contributed by atoms with Crippen molar-refractivity contribution in [3.8, 4) is 0 Å². The number of halogens is 2.